The Morgan fingerprint density at radius 2 is 1.97 bits per heavy atom. The average molecular weight is 433 g/mol. The zero-order valence-electron chi connectivity index (χ0n) is 16.9. The molecule has 1 saturated heterocycles. The molecule has 2 aromatic heterocycles. The Bertz CT molecular complexity index is 1180. The van der Waals surface area contributed by atoms with Gasteiger partial charge in [0.25, 0.3) is 5.56 Å². The number of morpholine rings is 1. The first-order chi connectivity index (χ1) is 14.8. The van der Waals surface area contributed by atoms with E-state index in [1.165, 1.54) is 11.0 Å². The number of aromatic nitrogens is 3. The van der Waals surface area contributed by atoms with Gasteiger partial charge in [-0.3, -0.25) is 9.36 Å². The molecule has 0 bridgehead atoms. The van der Waals surface area contributed by atoms with Gasteiger partial charge in [-0.1, -0.05) is 18.2 Å². The van der Waals surface area contributed by atoms with Crippen LogP contribution in [0.25, 0.3) is 10.9 Å². The Kier molecular flexibility index (Phi) is 4.51. The minimum Gasteiger partial charge on any atom is -0.378 e. The Morgan fingerprint density at radius 1 is 1.23 bits per heavy atom. The van der Waals surface area contributed by atoms with E-state index in [2.05, 4.69) is 9.97 Å². The number of rotatable bonds is 3. The van der Waals surface area contributed by atoms with Crippen molar-refractivity contribution in [3.8, 4) is 0 Å². The van der Waals surface area contributed by atoms with Crippen molar-refractivity contribution < 1.29 is 17.9 Å². The molecule has 164 valence electrons. The Balaban J connectivity index is 1.62. The molecule has 1 aromatic carbocycles. The lowest BCUT2D eigenvalue weighted by molar-refractivity contribution is -0.182. The van der Waals surface area contributed by atoms with E-state index in [1.54, 1.807) is 6.20 Å². The summed E-state index contributed by atoms with van der Waals surface area (Å²) in [5, 5.41) is 0.845. The summed E-state index contributed by atoms with van der Waals surface area (Å²) in [6.45, 7) is 2.65. The fourth-order valence-electron chi connectivity index (χ4n) is 4.33. The predicted molar refractivity (Wildman–Crippen MR) is 110 cm³/mol. The number of hydrogen-bond donors (Lipinski definition) is 1. The molecular weight excluding hydrogens is 411 g/mol. The number of aromatic amines is 1. The van der Waals surface area contributed by atoms with Crippen LogP contribution in [0, 0.1) is 0 Å². The first kappa shape index (κ1) is 19.9. The zero-order valence-corrected chi connectivity index (χ0v) is 16.9. The third kappa shape index (κ3) is 3.16. The molecule has 0 saturated carbocycles. The van der Waals surface area contributed by atoms with Gasteiger partial charge in [0.2, 0.25) is 5.95 Å². The van der Waals surface area contributed by atoms with Gasteiger partial charge < -0.3 is 19.5 Å². The van der Waals surface area contributed by atoms with Gasteiger partial charge in [-0.15, -0.1) is 0 Å². The van der Waals surface area contributed by atoms with Crippen LogP contribution in [0.4, 0.5) is 24.9 Å². The molecule has 1 N–H and O–H groups in total. The molecule has 0 radical (unpaired) electrons. The summed E-state index contributed by atoms with van der Waals surface area (Å²) in [5.74, 6) is 0.425. The van der Waals surface area contributed by atoms with Crippen LogP contribution in [-0.4, -0.2) is 52.6 Å². The van der Waals surface area contributed by atoms with Crippen LogP contribution in [0.1, 0.15) is 12.5 Å². The molecule has 1 atom stereocenters. The van der Waals surface area contributed by atoms with Crippen LogP contribution in [0.5, 0.6) is 0 Å². The lowest BCUT2D eigenvalue weighted by atomic mass is 10.00. The van der Waals surface area contributed by atoms with Crippen molar-refractivity contribution in [3.05, 3.63) is 52.4 Å². The van der Waals surface area contributed by atoms with Crippen LogP contribution in [-0.2, 0) is 17.8 Å². The smallest absolute Gasteiger partial charge is 0.378 e. The highest BCUT2D eigenvalue weighted by molar-refractivity contribution is 5.83. The molecule has 31 heavy (non-hydrogen) atoms. The van der Waals surface area contributed by atoms with Crippen LogP contribution < -0.4 is 15.4 Å². The number of fused-ring (bicyclic) bond motifs is 2. The van der Waals surface area contributed by atoms with Gasteiger partial charge in [0.05, 0.1) is 19.8 Å². The van der Waals surface area contributed by atoms with E-state index in [0.29, 0.717) is 37.7 Å². The zero-order chi connectivity index (χ0) is 21.8. The molecule has 7 nitrogen and oxygen atoms in total. The van der Waals surface area contributed by atoms with Gasteiger partial charge in [0.1, 0.15) is 5.82 Å². The number of hydrogen-bond acceptors (Lipinski definition) is 5. The first-order valence-corrected chi connectivity index (χ1v) is 10.1. The van der Waals surface area contributed by atoms with Crippen LogP contribution >= 0.6 is 0 Å². The number of ether oxygens (including phenoxy) is 1. The molecule has 4 heterocycles. The number of H-pyrrole nitrogens is 1. The van der Waals surface area contributed by atoms with E-state index in [-0.39, 0.29) is 12.5 Å². The average Bonchev–Trinajstić information content (AvgIpc) is 3.29. The van der Waals surface area contributed by atoms with Crippen molar-refractivity contribution in [1.29, 1.82) is 0 Å². The van der Waals surface area contributed by atoms with Crippen molar-refractivity contribution in [2.24, 2.45) is 0 Å². The lowest BCUT2D eigenvalue weighted by Gasteiger charge is -2.37. The fraction of sp³-hybridized carbons (Fsp3) is 0.429. The Hall–Kier alpha value is -3.01. The van der Waals surface area contributed by atoms with Gasteiger partial charge in [-0.25, -0.2) is 0 Å². The van der Waals surface area contributed by atoms with E-state index in [0.717, 1.165) is 22.4 Å². The molecule has 0 aliphatic carbocycles. The van der Waals surface area contributed by atoms with Gasteiger partial charge in [0, 0.05) is 42.8 Å². The van der Waals surface area contributed by atoms with Crippen molar-refractivity contribution in [2.45, 2.75) is 31.7 Å². The maximum atomic E-state index is 14.3. The Morgan fingerprint density at radius 3 is 2.71 bits per heavy atom. The first-order valence-electron chi connectivity index (χ1n) is 10.1. The molecule has 0 unspecified atom stereocenters. The van der Waals surface area contributed by atoms with Crippen molar-refractivity contribution in [3.63, 3.8) is 0 Å². The monoisotopic (exact) mass is 433 g/mol. The molecule has 0 amide bonds. The second kappa shape index (κ2) is 7.01. The van der Waals surface area contributed by atoms with Crippen molar-refractivity contribution in [2.75, 3.05) is 36.1 Å². The second-order valence-corrected chi connectivity index (χ2v) is 8.16. The number of benzene rings is 1. The number of alkyl halides is 3. The third-order valence-electron chi connectivity index (χ3n) is 6.23. The topological polar surface area (TPSA) is 66.4 Å². The van der Waals surface area contributed by atoms with Crippen LogP contribution in [0.3, 0.4) is 0 Å². The lowest BCUT2D eigenvalue weighted by Crippen LogP contribution is -2.55. The number of halogens is 3. The quantitative estimate of drug-likeness (QED) is 0.688. The largest absolute Gasteiger partial charge is 0.413 e. The summed E-state index contributed by atoms with van der Waals surface area (Å²) in [7, 11) is 0. The number of para-hydroxylation sites is 1. The van der Waals surface area contributed by atoms with Gasteiger partial charge >= 0.3 is 6.18 Å². The normalized spacial score (nSPS) is 21.7. The molecule has 5 rings (SSSR count). The third-order valence-corrected chi connectivity index (χ3v) is 6.23. The molecule has 2 aliphatic heterocycles. The van der Waals surface area contributed by atoms with E-state index in [9.17, 15) is 18.0 Å². The molecule has 2 aliphatic rings. The summed E-state index contributed by atoms with van der Waals surface area (Å²) in [6.07, 6.45) is -2.84. The standard InChI is InChI=1S/C21H22F3N5O2/c1-20(21(22,23)24)13-28-18(30)10-17(27-6-8-31-9-7-27)26-19(28)29(20)12-14-11-25-16-5-3-2-4-15(14)16/h2-5,10-11,25H,6-9,12-13H2,1H3/t20-/m0/s1. The SMILES string of the molecule is C[C@@]1(C(F)(F)F)Cn2c(nc(N3CCOCC3)cc2=O)N1Cc1c[nH]c2ccccc12. The summed E-state index contributed by atoms with van der Waals surface area (Å²) in [4.78, 5) is 23.6. The highest BCUT2D eigenvalue weighted by Gasteiger charge is 2.60. The predicted octanol–water partition coefficient (Wildman–Crippen LogP) is 2.90. The molecular formula is C21H22F3N5O2. The summed E-state index contributed by atoms with van der Waals surface area (Å²) in [6, 6.07) is 8.77. The minimum atomic E-state index is -4.56. The maximum absolute atomic E-state index is 14.3. The van der Waals surface area contributed by atoms with E-state index >= 15 is 0 Å². The maximum Gasteiger partial charge on any atom is 0.413 e. The van der Waals surface area contributed by atoms with Crippen molar-refractivity contribution in [1.82, 2.24) is 14.5 Å². The van der Waals surface area contributed by atoms with Gasteiger partial charge in [0.15, 0.2) is 5.54 Å². The van der Waals surface area contributed by atoms with Crippen LogP contribution in [0.15, 0.2) is 41.3 Å². The Labute approximate surface area is 176 Å². The number of nitrogens with zero attached hydrogens (tertiary/aromatic N) is 4. The summed E-state index contributed by atoms with van der Waals surface area (Å²) in [5.41, 5.74) is -1.18. The summed E-state index contributed by atoms with van der Waals surface area (Å²) >= 11 is 0. The molecule has 3 aromatic rings. The second-order valence-electron chi connectivity index (χ2n) is 8.16. The van der Waals surface area contributed by atoms with Gasteiger partial charge in [-0.2, -0.15) is 18.2 Å². The summed E-state index contributed by atoms with van der Waals surface area (Å²) < 4.78 is 49.3. The van der Waals surface area contributed by atoms with E-state index in [4.69, 9.17) is 4.74 Å². The fourth-order valence-corrected chi connectivity index (χ4v) is 4.33. The van der Waals surface area contributed by atoms with Crippen molar-refractivity contribution >= 4 is 22.7 Å². The highest BCUT2D eigenvalue weighted by Crippen LogP contribution is 2.44. The van der Waals surface area contributed by atoms with E-state index in [1.807, 2.05) is 29.2 Å². The molecule has 0 spiro atoms. The number of anilines is 2. The number of nitrogens with one attached hydrogen (secondary N) is 1. The van der Waals surface area contributed by atoms with Gasteiger partial charge in [-0.05, 0) is 18.6 Å². The highest BCUT2D eigenvalue weighted by atomic mass is 19.4. The van der Waals surface area contributed by atoms with Crippen LogP contribution in [0.2, 0.25) is 0 Å². The van der Waals surface area contributed by atoms with E-state index < -0.39 is 23.8 Å². The molecule has 1 fully saturated rings. The minimum absolute atomic E-state index is 0.0287. The molecule has 10 heteroatoms.